The van der Waals surface area contributed by atoms with E-state index in [0.29, 0.717) is 12.2 Å². The van der Waals surface area contributed by atoms with E-state index in [4.69, 9.17) is 4.52 Å². The predicted octanol–water partition coefficient (Wildman–Crippen LogP) is 3.42. The van der Waals surface area contributed by atoms with Crippen molar-refractivity contribution in [1.82, 2.24) is 15.4 Å². The molecule has 5 nitrogen and oxygen atoms in total. The molecule has 0 radical (unpaired) electrons. The molecule has 0 saturated heterocycles. The molecule has 0 aliphatic rings. The van der Waals surface area contributed by atoms with Crippen LogP contribution in [0.15, 0.2) is 4.52 Å². The van der Waals surface area contributed by atoms with Gasteiger partial charge in [-0.1, -0.05) is 39.8 Å². The summed E-state index contributed by atoms with van der Waals surface area (Å²) >= 11 is 0. The van der Waals surface area contributed by atoms with Gasteiger partial charge in [0.25, 0.3) is 5.91 Å². The van der Waals surface area contributed by atoms with E-state index < -0.39 is 0 Å². The molecule has 1 aromatic rings. The van der Waals surface area contributed by atoms with Gasteiger partial charge in [-0.2, -0.15) is 0 Å². The van der Waals surface area contributed by atoms with Crippen molar-refractivity contribution in [3.63, 3.8) is 0 Å². The lowest BCUT2D eigenvalue weighted by Crippen LogP contribution is -2.44. The minimum absolute atomic E-state index is 0.0616. The first-order chi connectivity index (χ1) is 10.9. The molecule has 1 heterocycles. The molecule has 0 aromatic carbocycles. The summed E-state index contributed by atoms with van der Waals surface area (Å²) in [7, 11) is 0. The van der Waals surface area contributed by atoms with E-state index in [1.807, 2.05) is 13.8 Å². The fourth-order valence-electron chi connectivity index (χ4n) is 2.79. The Bertz CT molecular complexity index is 498. The molecule has 1 aromatic heterocycles. The summed E-state index contributed by atoms with van der Waals surface area (Å²) in [5.74, 6) is 0.651. The standard InChI is InChI=1S/C18H33N3O2/c1-7-11-21(10-4)13-18(6,9-3)12-19-17(22)16-14(5)15(8-2)23-20-16/h7-13H2,1-6H3,(H,19,22). The van der Waals surface area contributed by atoms with Crippen LogP contribution in [0.25, 0.3) is 0 Å². The molecule has 1 N–H and O–H groups in total. The van der Waals surface area contributed by atoms with Crippen LogP contribution in [-0.4, -0.2) is 42.1 Å². The maximum absolute atomic E-state index is 12.4. The van der Waals surface area contributed by atoms with Crippen LogP contribution in [0.1, 0.15) is 69.3 Å². The van der Waals surface area contributed by atoms with Gasteiger partial charge in [-0.05, 0) is 38.3 Å². The van der Waals surface area contributed by atoms with Crippen molar-refractivity contribution in [3.05, 3.63) is 17.0 Å². The van der Waals surface area contributed by atoms with Crippen LogP contribution in [0, 0.1) is 12.3 Å². The highest BCUT2D eigenvalue weighted by molar-refractivity contribution is 5.93. The Hall–Kier alpha value is -1.36. The quantitative estimate of drug-likeness (QED) is 0.717. The van der Waals surface area contributed by atoms with Gasteiger partial charge in [-0.15, -0.1) is 0 Å². The number of hydrogen-bond donors (Lipinski definition) is 1. The molecule has 132 valence electrons. The zero-order valence-electron chi connectivity index (χ0n) is 15.7. The molecule has 0 aliphatic heterocycles. The minimum Gasteiger partial charge on any atom is -0.360 e. The van der Waals surface area contributed by atoms with Crippen molar-refractivity contribution in [3.8, 4) is 0 Å². The molecule has 0 fully saturated rings. The van der Waals surface area contributed by atoms with Crippen molar-refractivity contribution in [1.29, 1.82) is 0 Å². The molecule has 1 amide bonds. The van der Waals surface area contributed by atoms with Gasteiger partial charge in [0, 0.05) is 25.1 Å². The fraction of sp³-hybridized carbons (Fsp3) is 0.778. The normalized spacial score (nSPS) is 14.0. The van der Waals surface area contributed by atoms with Crippen LogP contribution in [0.3, 0.4) is 0 Å². The molecule has 0 aliphatic carbocycles. The maximum Gasteiger partial charge on any atom is 0.273 e. The van der Waals surface area contributed by atoms with Crippen LogP contribution < -0.4 is 5.32 Å². The Balaban J connectivity index is 2.68. The SMILES string of the molecule is CCCN(CC)CC(C)(CC)CNC(=O)c1noc(CC)c1C. The molecule has 1 rings (SSSR count). The lowest BCUT2D eigenvalue weighted by molar-refractivity contribution is 0.0901. The second-order valence-electron chi connectivity index (χ2n) is 6.65. The van der Waals surface area contributed by atoms with Gasteiger partial charge in [0.1, 0.15) is 5.76 Å². The first-order valence-corrected chi connectivity index (χ1v) is 8.86. The predicted molar refractivity (Wildman–Crippen MR) is 93.8 cm³/mol. The highest BCUT2D eigenvalue weighted by atomic mass is 16.5. The largest absolute Gasteiger partial charge is 0.360 e. The molecular weight excluding hydrogens is 290 g/mol. The van der Waals surface area contributed by atoms with E-state index in [-0.39, 0.29) is 11.3 Å². The number of rotatable bonds is 10. The molecule has 0 spiro atoms. The topological polar surface area (TPSA) is 58.4 Å². The van der Waals surface area contributed by atoms with Crippen molar-refractivity contribution in [2.75, 3.05) is 26.2 Å². The fourth-order valence-corrected chi connectivity index (χ4v) is 2.79. The summed E-state index contributed by atoms with van der Waals surface area (Å²) in [6.45, 7) is 16.5. The Morgan fingerprint density at radius 2 is 2.00 bits per heavy atom. The zero-order valence-corrected chi connectivity index (χ0v) is 15.7. The summed E-state index contributed by atoms with van der Waals surface area (Å²) in [6.07, 6.45) is 2.92. The molecule has 1 unspecified atom stereocenters. The number of aryl methyl sites for hydroxylation is 1. The van der Waals surface area contributed by atoms with Gasteiger partial charge in [0.15, 0.2) is 5.69 Å². The molecule has 0 bridgehead atoms. The number of nitrogens with zero attached hydrogens (tertiary/aromatic N) is 2. The number of hydrogen-bond acceptors (Lipinski definition) is 4. The first kappa shape index (κ1) is 19.7. The maximum atomic E-state index is 12.4. The number of amides is 1. The van der Waals surface area contributed by atoms with E-state index in [0.717, 1.165) is 50.2 Å². The third-order valence-corrected chi connectivity index (χ3v) is 4.68. The van der Waals surface area contributed by atoms with E-state index in [2.05, 4.69) is 43.1 Å². The van der Waals surface area contributed by atoms with Crippen LogP contribution in [0.5, 0.6) is 0 Å². The van der Waals surface area contributed by atoms with Crippen LogP contribution >= 0.6 is 0 Å². The zero-order chi connectivity index (χ0) is 17.5. The summed E-state index contributed by atoms with van der Waals surface area (Å²) in [5.41, 5.74) is 1.33. The number of carbonyl (C=O) groups excluding carboxylic acids is 1. The van der Waals surface area contributed by atoms with E-state index in [9.17, 15) is 4.79 Å². The van der Waals surface area contributed by atoms with Crippen molar-refractivity contribution < 1.29 is 9.32 Å². The Kier molecular flexibility index (Phi) is 7.76. The van der Waals surface area contributed by atoms with E-state index in [1.54, 1.807) is 0 Å². The molecule has 1 atom stereocenters. The molecule has 23 heavy (non-hydrogen) atoms. The molecule has 5 heteroatoms. The lowest BCUT2D eigenvalue weighted by atomic mass is 9.86. The van der Waals surface area contributed by atoms with Crippen LogP contribution in [-0.2, 0) is 6.42 Å². The summed E-state index contributed by atoms with van der Waals surface area (Å²) in [6, 6.07) is 0. The average molecular weight is 323 g/mol. The first-order valence-electron chi connectivity index (χ1n) is 8.86. The van der Waals surface area contributed by atoms with Gasteiger partial charge in [-0.25, -0.2) is 0 Å². The highest BCUT2D eigenvalue weighted by Crippen LogP contribution is 2.22. The van der Waals surface area contributed by atoms with Gasteiger partial charge in [-0.3, -0.25) is 4.79 Å². The van der Waals surface area contributed by atoms with Crippen molar-refractivity contribution >= 4 is 5.91 Å². The smallest absolute Gasteiger partial charge is 0.273 e. The Morgan fingerprint density at radius 3 is 2.48 bits per heavy atom. The van der Waals surface area contributed by atoms with Crippen molar-refractivity contribution in [2.45, 2.75) is 60.8 Å². The van der Waals surface area contributed by atoms with Gasteiger partial charge in [0.05, 0.1) is 0 Å². The van der Waals surface area contributed by atoms with Crippen molar-refractivity contribution in [2.24, 2.45) is 5.41 Å². The van der Waals surface area contributed by atoms with Gasteiger partial charge in [0.2, 0.25) is 0 Å². The number of carbonyl (C=O) groups is 1. The van der Waals surface area contributed by atoms with Crippen LogP contribution in [0.2, 0.25) is 0 Å². The lowest BCUT2D eigenvalue weighted by Gasteiger charge is -2.34. The van der Waals surface area contributed by atoms with Crippen LogP contribution in [0.4, 0.5) is 0 Å². The molecular formula is C18H33N3O2. The average Bonchev–Trinajstić information content (AvgIpc) is 2.93. The summed E-state index contributed by atoms with van der Waals surface area (Å²) in [5, 5.41) is 6.97. The number of nitrogens with one attached hydrogen (secondary N) is 1. The third-order valence-electron chi connectivity index (χ3n) is 4.68. The van der Waals surface area contributed by atoms with E-state index >= 15 is 0 Å². The Labute approximate surface area is 140 Å². The summed E-state index contributed by atoms with van der Waals surface area (Å²) < 4.78 is 5.22. The van der Waals surface area contributed by atoms with Gasteiger partial charge < -0.3 is 14.7 Å². The minimum atomic E-state index is -0.135. The third kappa shape index (κ3) is 5.34. The van der Waals surface area contributed by atoms with E-state index in [1.165, 1.54) is 0 Å². The van der Waals surface area contributed by atoms with Gasteiger partial charge >= 0.3 is 0 Å². The Morgan fingerprint density at radius 1 is 1.30 bits per heavy atom. The number of aromatic nitrogens is 1. The summed E-state index contributed by atoms with van der Waals surface area (Å²) in [4.78, 5) is 14.8. The highest BCUT2D eigenvalue weighted by Gasteiger charge is 2.27. The monoisotopic (exact) mass is 323 g/mol. The second-order valence-corrected chi connectivity index (χ2v) is 6.65. The molecule has 0 saturated carbocycles. The second kappa shape index (κ2) is 9.06.